The van der Waals surface area contributed by atoms with Crippen LogP contribution in [0.5, 0.6) is 0 Å². The summed E-state index contributed by atoms with van der Waals surface area (Å²) in [5, 5.41) is 12.2. The van der Waals surface area contributed by atoms with Gasteiger partial charge in [0.15, 0.2) is 0 Å². The standard InChI is InChI=1S/C14H12ClN3O3/c15-8-5-12(18(7-8)9-1-2-9)13(19)17-11-6-16-4-3-10(11)14(20)21/h3-7,9H,1-2H2,(H,17,19)(H,20,21). The highest BCUT2D eigenvalue weighted by atomic mass is 35.5. The summed E-state index contributed by atoms with van der Waals surface area (Å²) in [6, 6.07) is 3.21. The Bertz CT molecular complexity index is 722. The minimum absolute atomic E-state index is 0.00558. The van der Waals surface area contributed by atoms with Gasteiger partial charge in [0.05, 0.1) is 22.5 Å². The van der Waals surface area contributed by atoms with Crippen molar-refractivity contribution in [2.75, 3.05) is 5.32 Å². The molecule has 3 rings (SSSR count). The highest BCUT2D eigenvalue weighted by Crippen LogP contribution is 2.37. The summed E-state index contributed by atoms with van der Waals surface area (Å²) in [4.78, 5) is 27.3. The fourth-order valence-corrected chi connectivity index (χ4v) is 2.36. The molecule has 6 nitrogen and oxygen atoms in total. The van der Waals surface area contributed by atoms with Gasteiger partial charge >= 0.3 is 5.97 Å². The number of carboxylic acids is 1. The predicted molar refractivity (Wildman–Crippen MR) is 76.9 cm³/mol. The number of hydrogen-bond acceptors (Lipinski definition) is 3. The number of carboxylic acid groups (broad SMARTS) is 1. The van der Waals surface area contributed by atoms with Gasteiger partial charge in [0, 0.05) is 18.4 Å². The van der Waals surface area contributed by atoms with Crippen molar-refractivity contribution in [2.24, 2.45) is 0 Å². The number of hydrogen-bond donors (Lipinski definition) is 2. The maximum atomic E-state index is 12.3. The summed E-state index contributed by atoms with van der Waals surface area (Å²) in [6.45, 7) is 0. The molecule has 1 amide bonds. The number of pyridine rings is 1. The van der Waals surface area contributed by atoms with Gasteiger partial charge in [-0.25, -0.2) is 4.79 Å². The first-order chi connectivity index (χ1) is 10.1. The van der Waals surface area contributed by atoms with Crippen molar-refractivity contribution >= 4 is 29.2 Å². The van der Waals surface area contributed by atoms with Gasteiger partial charge in [-0.3, -0.25) is 9.78 Å². The minimum atomic E-state index is -1.12. The van der Waals surface area contributed by atoms with Crippen LogP contribution in [-0.2, 0) is 0 Å². The van der Waals surface area contributed by atoms with Crippen molar-refractivity contribution < 1.29 is 14.7 Å². The van der Waals surface area contributed by atoms with Crippen LogP contribution in [0.4, 0.5) is 5.69 Å². The molecule has 0 aromatic carbocycles. The van der Waals surface area contributed by atoms with Gasteiger partial charge in [0.25, 0.3) is 5.91 Å². The molecule has 2 aromatic rings. The number of nitrogens with zero attached hydrogens (tertiary/aromatic N) is 2. The number of amides is 1. The first-order valence-electron chi connectivity index (χ1n) is 6.42. The topological polar surface area (TPSA) is 84.2 Å². The lowest BCUT2D eigenvalue weighted by atomic mass is 10.2. The molecular formula is C14H12ClN3O3. The number of carbonyl (C=O) groups is 2. The molecule has 2 N–H and O–H groups in total. The van der Waals surface area contributed by atoms with Crippen molar-refractivity contribution in [1.29, 1.82) is 0 Å². The number of carbonyl (C=O) groups excluding carboxylic acids is 1. The lowest BCUT2D eigenvalue weighted by molar-refractivity contribution is 0.0698. The van der Waals surface area contributed by atoms with Gasteiger partial charge in [-0.2, -0.15) is 0 Å². The van der Waals surface area contributed by atoms with E-state index in [-0.39, 0.29) is 11.3 Å². The van der Waals surface area contributed by atoms with E-state index in [9.17, 15) is 9.59 Å². The van der Waals surface area contributed by atoms with Crippen LogP contribution in [0.1, 0.15) is 39.7 Å². The second-order valence-electron chi connectivity index (χ2n) is 4.86. The van der Waals surface area contributed by atoms with Crippen LogP contribution in [0.2, 0.25) is 5.02 Å². The second-order valence-corrected chi connectivity index (χ2v) is 5.30. The van der Waals surface area contributed by atoms with E-state index < -0.39 is 11.9 Å². The highest BCUT2D eigenvalue weighted by molar-refractivity contribution is 6.31. The normalized spacial score (nSPS) is 14.0. The molecule has 108 valence electrons. The molecule has 0 unspecified atom stereocenters. The lowest BCUT2D eigenvalue weighted by Gasteiger charge is -2.10. The zero-order valence-corrected chi connectivity index (χ0v) is 11.7. The smallest absolute Gasteiger partial charge is 0.337 e. The molecule has 0 bridgehead atoms. The van der Waals surface area contributed by atoms with Crippen molar-refractivity contribution in [3.8, 4) is 0 Å². The maximum absolute atomic E-state index is 12.3. The Kier molecular flexibility index (Phi) is 3.39. The fraction of sp³-hybridized carbons (Fsp3) is 0.214. The van der Waals surface area contributed by atoms with Gasteiger partial charge in [0.1, 0.15) is 5.69 Å². The fourth-order valence-electron chi connectivity index (χ4n) is 2.15. The molecule has 1 aliphatic rings. The third kappa shape index (κ3) is 2.75. The average molecular weight is 306 g/mol. The monoisotopic (exact) mass is 305 g/mol. The van der Waals surface area contributed by atoms with Gasteiger partial charge in [0.2, 0.25) is 0 Å². The van der Waals surface area contributed by atoms with E-state index in [0.717, 1.165) is 12.8 Å². The first-order valence-corrected chi connectivity index (χ1v) is 6.80. The number of rotatable bonds is 4. The Balaban J connectivity index is 1.89. The van der Waals surface area contributed by atoms with Crippen LogP contribution in [0.25, 0.3) is 0 Å². The van der Waals surface area contributed by atoms with Crippen LogP contribution < -0.4 is 5.32 Å². The van der Waals surface area contributed by atoms with E-state index in [1.807, 2.05) is 4.57 Å². The Morgan fingerprint density at radius 3 is 2.86 bits per heavy atom. The molecule has 1 fully saturated rings. The number of aromatic nitrogens is 2. The summed E-state index contributed by atoms with van der Waals surface area (Å²) < 4.78 is 1.83. The molecule has 7 heteroatoms. The molecule has 0 saturated heterocycles. The SMILES string of the molecule is O=C(O)c1ccncc1NC(=O)c1cc(Cl)cn1C1CC1. The van der Waals surface area contributed by atoms with Gasteiger partial charge in [-0.05, 0) is 25.0 Å². The van der Waals surface area contributed by atoms with E-state index in [1.165, 1.54) is 18.5 Å². The van der Waals surface area contributed by atoms with E-state index >= 15 is 0 Å². The zero-order valence-electron chi connectivity index (χ0n) is 10.9. The summed E-state index contributed by atoms with van der Waals surface area (Å²) in [7, 11) is 0. The molecule has 0 aliphatic heterocycles. The summed E-state index contributed by atoms with van der Waals surface area (Å²) in [6.07, 6.45) is 6.42. The summed E-state index contributed by atoms with van der Waals surface area (Å²) >= 11 is 5.96. The Hall–Kier alpha value is -2.34. The Morgan fingerprint density at radius 1 is 1.43 bits per heavy atom. The molecule has 1 aliphatic carbocycles. The third-order valence-electron chi connectivity index (χ3n) is 3.29. The third-order valence-corrected chi connectivity index (χ3v) is 3.49. The maximum Gasteiger partial charge on any atom is 0.337 e. The first kappa shape index (κ1) is 13.6. The van der Waals surface area contributed by atoms with Crippen LogP contribution >= 0.6 is 11.6 Å². The Labute approximate surface area is 125 Å². The average Bonchev–Trinajstić information content (AvgIpc) is 3.21. The van der Waals surface area contributed by atoms with Gasteiger partial charge in [-0.15, -0.1) is 0 Å². The van der Waals surface area contributed by atoms with Crippen molar-refractivity contribution in [2.45, 2.75) is 18.9 Å². The van der Waals surface area contributed by atoms with Gasteiger partial charge < -0.3 is 15.0 Å². The molecule has 0 atom stereocenters. The van der Waals surface area contributed by atoms with E-state index in [2.05, 4.69) is 10.3 Å². The molecule has 21 heavy (non-hydrogen) atoms. The highest BCUT2D eigenvalue weighted by Gasteiger charge is 2.28. The van der Waals surface area contributed by atoms with E-state index in [1.54, 1.807) is 12.3 Å². The van der Waals surface area contributed by atoms with Crippen molar-refractivity contribution in [1.82, 2.24) is 9.55 Å². The van der Waals surface area contributed by atoms with Crippen molar-refractivity contribution in [3.05, 3.63) is 47.0 Å². The van der Waals surface area contributed by atoms with Crippen LogP contribution in [0, 0.1) is 0 Å². The van der Waals surface area contributed by atoms with E-state index in [0.29, 0.717) is 16.8 Å². The Morgan fingerprint density at radius 2 is 2.19 bits per heavy atom. The summed E-state index contributed by atoms with van der Waals surface area (Å²) in [5.74, 6) is -1.52. The predicted octanol–water partition coefficient (Wildman–Crippen LogP) is 2.82. The zero-order chi connectivity index (χ0) is 15.0. The molecule has 2 heterocycles. The number of anilines is 1. The molecule has 0 radical (unpaired) electrons. The summed E-state index contributed by atoms with van der Waals surface area (Å²) in [5.41, 5.74) is 0.575. The minimum Gasteiger partial charge on any atom is -0.478 e. The van der Waals surface area contributed by atoms with Crippen molar-refractivity contribution in [3.63, 3.8) is 0 Å². The number of aromatic carboxylic acids is 1. The lowest BCUT2D eigenvalue weighted by Crippen LogP contribution is -2.18. The number of nitrogens with one attached hydrogen (secondary N) is 1. The van der Waals surface area contributed by atoms with Crippen LogP contribution in [0.3, 0.4) is 0 Å². The van der Waals surface area contributed by atoms with Crippen LogP contribution in [0.15, 0.2) is 30.7 Å². The van der Waals surface area contributed by atoms with Gasteiger partial charge in [-0.1, -0.05) is 11.6 Å². The molecular weight excluding hydrogens is 294 g/mol. The quantitative estimate of drug-likeness (QED) is 0.909. The van der Waals surface area contributed by atoms with E-state index in [4.69, 9.17) is 16.7 Å². The molecule has 1 saturated carbocycles. The molecule has 0 spiro atoms. The number of halogens is 1. The second kappa shape index (κ2) is 5.21. The van der Waals surface area contributed by atoms with Crippen LogP contribution in [-0.4, -0.2) is 26.5 Å². The largest absolute Gasteiger partial charge is 0.478 e. The molecule has 2 aromatic heterocycles.